The van der Waals surface area contributed by atoms with Crippen molar-refractivity contribution in [3.8, 4) is 0 Å². The van der Waals surface area contributed by atoms with Gasteiger partial charge in [0.15, 0.2) is 0 Å². The number of hydrogen-bond donors (Lipinski definition) is 1. The van der Waals surface area contributed by atoms with Crippen molar-refractivity contribution in [3.63, 3.8) is 0 Å². The fourth-order valence-corrected chi connectivity index (χ4v) is 4.91. The summed E-state index contributed by atoms with van der Waals surface area (Å²) in [7, 11) is -3.88. The van der Waals surface area contributed by atoms with Gasteiger partial charge < -0.3 is 5.32 Å². The smallest absolute Gasteiger partial charge is 0.244 e. The van der Waals surface area contributed by atoms with Crippen LogP contribution in [0.15, 0.2) is 89.8 Å². The molecule has 3 rings (SSSR count). The van der Waals surface area contributed by atoms with Gasteiger partial charge in [-0.3, -0.25) is 4.79 Å². The van der Waals surface area contributed by atoms with Gasteiger partial charge in [0, 0.05) is 12.6 Å². The first-order valence-corrected chi connectivity index (χ1v) is 11.3. The predicted molar refractivity (Wildman–Crippen MR) is 118 cm³/mol. The number of nitrogens with one attached hydrogen (secondary N) is 1. The summed E-state index contributed by atoms with van der Waals surface area (Å²) in [6.07, 6.45) is 0. The van der Waals surface area contributed by atoms with E-state index in [1.165, 1.54) is 4.31 Å². The van der Waals surface area contributed by atoms with E-state index >= 15 is 0 Å². The van der Waals surface area contributed by atoms with E-state index in [1.807, 2.05) is 73.7 Å². The normalized spacial score (nSPS) is 12.5. The van der Waals surface area contributed by atoms with Crippen LogP contribution >= 0.6 is 0 Å². The van der Waals surface area contributed by atoms with Gasteiger partial charge in [-0.1, -0.05) is 72.8 Å². The van der Waals surface area contributed by atoms with Crippen molar-refractivity contribution < 1.29 is 13.2 Å². The maximum absolute atomic E-state index is 13.5. The van der Waals surface area contributed by atoms with Crippen LogP contribution in [0.1, 0.15) is 29.7 Å². The highest BCUT2D eigenvalue weighted by Crippen LogP contribution is 2.27. The Kier molecular flexibility index (Phi) is 7.03. The molecule has 1 atom stereocenters. The third-order valence-corrected chi connectivity index (χ3v) is 6.85. The molecule has 0 heterocycles. The number of amides is 1. The first-order valence-electron chi connectivity index (χ1n) is 9.82. The van der Waals surface area contributed by atoms with Gasteiger partial charge in [-0.25, -0.2) is 8.42 Å². The van der Waals surface area contributed by atoms with Crippen molar-refractivity contribution in [3.05, 3.63) is 102 Å². The van der Waals surface area contributed by atoms with Crippen LogP contribution in [0, 0.1) is 6.92 Å². The molecule has 156 valence electrons. The highest BCUT2D eigenvalue weighted by molar-refractivity contribution is 7.89. The molecule has 0 spiro atoms. The fraction of sp³-hybridized carbons (Fsp3) is 0.208. The molecule has 0 saturated heterocycles. The first-order chi connectivity index (χ1) is 14.4. The quantitative estimate of drug-likeness (QED) is 0.595. The Bertz CT molecular complexity index is 1080. The topological polar surface area (TPSA) is 66.5 Å². The molecule has 30 heavy (non-hydrogen) atoms. The lowest BCUT2D eigenvalue weighted by atomic mass is 10.1. The standard InChI is InChI=1S/C24H26N2O3S/c1-19-10-9-15-23(16-19)30(28,29)26(20(2)22-13-7-4-8-14-22)18-24(27)25-17-21-11-5-3-6-12-21/h3-16,20H,17-18H2,1-2H3,(H,25,27)/t20-/m1/s1. The van der Waals surface area contributed by atoms with Crippen molar-refractivity contribution in [2.24, 2.45) is 0 Å². The van der Waals surface area contributed by atoms with E-state index in [1.54, 1.807) is 25.1 Å². The molecule has 3 aromatic carbocycles. The summed E-state index contributed by atoms with van der Waals surface area (Å²) >= 11 is 0. The molecule has 0 unspecified atom stereocenters. The average Bonchev–Trinajstić information content (AvgIpc) is 2.77. The van der Waals surface area contributed by atoms with Crippen LogP contribution in [0.5, 0.6) is 0 Å². The van der Waals surface area contributed by atoms with Gasteiger partial charge in [0.25, 0.3) is 0 Å². The summed E-state index contributed by atoms with van der Waals surface area (Å²) in [6, 6.07) is 25.1. The first kappa shape index (κ1) is 21.7. The molecule has 0 fully saturated rings. The number of carbonyl (C=O) groups excluding carboxylic acids is 1. The monoisotopic (exact) mass is 422 g/mol. The maximum atomic E-state index is 13.5. The molecule has 0 bridgehead atoms. The highest BCUT2D eigenvalue weighted by atomic mass is 32.2. The Morgan fingerprint density at radius 3 is 2.20 bits per heavy atom. The van der Waals surface area contributed by atoms with Gasteiger partial charge in [0.2, 0.25) is 15.9 Å². The molecule has 1 amide bonds. The zero-order valence-corrected chi connectivity index (χ0v) is 18.0. The largest absolute Gasteiger partial charge is 0.351 e. The Balaban J connectivity index is 1.86. The lowest BCUT2D eigenvalue weighted by Gasteiger charge is -2.28. The molecule has 0 radical (unpaired) electrons. The van der Waals surface area contributed by atoms with Crippen molar-refractivity contribution in [1.82, 2.24) is 9.62 Å². The number of rotatable bonds is 8. The number of carbonyl (C=O) groups is 1. The van der Waals surface area contributed by atoms with Crippen molar-refractivity contribution in [2.75, 3.05) is 6.54 Å². The van der Waals surface area contributed by atoms with Crippen molar-refractivity contribution in [2.45, 2.75) is 31.3 Å². The fourth-order valence-electron chi connectivity index (χ4n) is 3.23. The Morgan fingerprint density at radius 2 is 1.57 bits per heavy atom. The van der Waals surface area contributed by atoms with Crippen LogP contribution in [0.2, 0.25) is 0 Å². The Hall–Kier alpha value is -2.96. The van der Waals surface area contributed by atoms with E-state index in [0.717, 1.165) is 16.7 Å². The van der Waals surface area contributed by atoms with Gasteiger partial charge in [-0.05, 0) is 42.7 Å². The number of sulfonamides is 1. The molecular formula is C24H26N2O3S. The van der Waals surface area contributed by atoms with Gasteiger partial charge in [-0.15, -0.1) is 0 Å². The van der Waals surface area contributed by atoms with Gasteiger partial charge >= 0.3 is 0 Å². The van der Waals surface area contributed by atoms with Gasteiger partial charge in [0.1, 0.15) is 0 Å². The number of benzene rings is 3. The second-order valence-corrected chi connectivity index (χ2v) is 9.11. The number of hydrogen-bond acceptors (Lipinski definition) is 3. The van der Waals surface area contributed by atoms with Crippen molar-refractivity contribution in [1.29, 1.82) is 0 Å². The van der Waals surface area contributed by atoms with Crippen molar-refractivity contribution >= 4 is 15.9 Å². The predicted octanol–water partition coefficient (Wildman–Crippen LogP) is 4.06. The highest BCUT2D eigenvalue weighted by Gasteiger charge is 2.31. The molecule has 0 saturated carbocycles. The van der Waals surface area contributed by atoms with Crippen LogP contribution in [0.3, 0.4) is 0 Å². The molecule has 0 aliphatic heterocycles. The summed E-state index contributed by atoms with van der Waals surface area (Å²) in [5, 5.41) is 2.83. The van der Waals surface area contributed by atoms with E-state index in [9.17, 15) is 13.2 Å². The third-order valence-electron chi connectivity index (χ3n) is 4.94. The molecule has 0 aliphatic carbocycles. The molecule has 0 aromatic heterocycles. The Labute approximate surface area is 178 Å². The minimum atomic E-state index is -3.88. The summed E-state index contributed by atoms with van der Waals surface area (Å²) in [5.74, 6) is -0.349. The summed E-state index contributed by atoms with van der Waals surface area (Å²) < 4.78 is 28.2. The van der Waals surface area contributed by atoms with Crippen LogP contribution in [0.4, 0.5) is 0 Å². The second-order valence-electron chi connectivity index (χ2n) is 7.22. The lowest BCUT2D eigenvalue weighted by Crippen LogP contribution is -2.41. The van der Waals surface area contributed by atoms with Crippen LogP contribution in [0.25, 0.3) is 0 Å². The van der Waals surface area contributed by atoms with E-state index in [-0.39, 0.29) is 17.3 Å². The second kappa shape index (κ2) is 9.69. The summed E-state index contributed by atoms with van der Waals surface area (Å²) in [6.45, 7) is 3.72. The van der Waals surface area contributed by atoms with Crippen LogP contribution in [-0.4, -0.2) is 25.2 Å². The molecule has 5 nitrogen and oxygen atoms in total. The van der Waals surface area contributed by atoms with Gasteiger partial charge in [0.05, 0.1) is 11.4 Å². The Morgan fingerprint density at radius 1 is 0.933 bits per heavy atom. The SMILES string of the molecule is Cc1cccc(S(=O)(=O)N(CC(=O)NCc2ccccc2)[C@H](C)c2ccccc2)c1. The lowest BCUT2D eigenvalue weighted by molar-refractivity contribution is -0.121. The van der Waals surface area contributed by atoms with E-state index in [4.69, 9.17) is 0 Å². The molecule has 0 aliphatic rings. The average molecular weight is 423 g/mol. The number of aryl methyl sites for hydroxylation is 1. The van der Waals surface area contributed by atoms with Crippen LogP contribution < -0.4 is 5.32 Å². The van der Waals surface area contributed by atoms with E-state index in [2.05, 4.69) is 5.32 Å². The van der Waals surface area contributed by atoms with Crippen LogP contribution in [-0.2, 0) is 21.4 Å². The zero-order chi connectivity index (χ0) is 21.6. The third kappa shape index (κ3) is 5.34. The molecule has 6 heteroatoms. The summed E-state index contributed by atoms with van der Waals surface area (Å²) in [4.78, 5) is 12.9. The maximum Gasteiger partial charge on any atom is 0.244 e. The molecule has 1 N–H and O–H groups in total. The summed E-state index contributed by atoms with van der Waals surface area (Å²) in [5.41, 5.74) is 2.62. The zero-order valence-electron chi connectivity index (χ0n) is 17.2. The minimum absolute atomic E-state index is 0.182. The number of nitrogens with zero attached hydrogens (tertiary/aromatic N) is 1. The minimum Gasteiger partial charge on any atom is -0.351 e. The van der Waals surface area contributed by atoms with E-state index < -0.39 is 16.1 Å². The van der Waals surface area contributed by atoms with Gasteiger partial charge in [-0.2, -0.15) is 4.31 Å². The van der Waals surface area contributed by atoms with E-state index in [0.29, 0.717) is 6.54 Å². The molecule has 3 aromatic rings. The molecular weight excluding hydrogens is 396 g/mol.